The smallest absolute Gasteiger partial charge is 0.336 e. The topological polar surface area (TPSA) is 173 Å². The highest BCUT2D eigenvalue weighted by molar-refractivity contribution is 7.80. The summed E-state index contributed by atoms with van der Waals surface area (Å²) in [5.74, 6) is -1.57. The Morgan fingerprint density at radius 1 is 1.02 bits per heavy atom. The monoisotopic (exact) mass is 641 g/mol. The number of non-ortho nitro benzene ring substituents is 1. The number of rotatable bonds is 15. The molecule has 1 aliphatic rings. The molecule has 5 N–H and O–H groups in total. The average Bonchev–Trinajstić information content (AvgIpc) is 3.01. The van der Waals surface area contributed by atoms with Crippen LogP contribution >= 0.6 is 12.2 Å². The number of carbonyl (C=O) groups excluding carboxylic acids is 2. The Bertz CT molecular complexity index is 1460. The summed E-state index contributed by atoms with van der Waals surface area (Å²) in [6.07, 6.45) is -0.679. The number of nitro groups is 1. The number of aliphatic hydroxyl groups is 1. The van der Waals surface area contributed by atoms with E-state index in [1.807, 2.05) is 31.2 Å². The lowest BCUT2D eigenvalue weighted by Gasteiger charge is -2.30. The normalized spacial score (nSPS) is 15.1. The molecule has 0 spiro atoms. The fourth-order valence-electron chi connectivity index (χ4n) is 4.74. The number of hydrogen-bond donors (Lipinski definition) is 5. The van der Waals surface area contributed by atoms with E-state index in [9.17, 15) is 24.8 Å². The zero-order valence-electron chi connectivity index (χ0n) is 25.7. The molecular formula is C31H39N5O8S. The van der Waals surface area contributed by atoms with Crippen LogP contribution in [0.4, 0.5) is 5.69 Å². The Morgan fingerprint density at radius 2 is 1.71 bits per heavy atom. The van der Waals surface area contributed by atoms with Gasteiger partial charge in [-0.05, 0) is 50.2 Å². The Labute approximate surface area is 267 Å². The third-order valence-electron chi connectivity index (χ3n) is 6.91. The van der Waals surface area contributed by atoms with E-state index in [1.54, 1.807) is 19.9 Å². The number of nitro benzene ring substituents is 1. The van der Waals surface area contributed by atoms with Crippen LogP contribution in [0.5, 0.6) is 5.75 Å². The highest BCUT2D eigenvalue weighted by Crippen LogP contribution is 2.40. The Morgan fingerprint density at radius 3 is 2.40 bits per heavy atom. The molecule has 1 heterocycles. The van der Waals surface area contributed by atoms with Crippen molar-refractivity contribution in [3.63, 3.8) is 0 Å². The number of thiocarbonyl (C=S) groups is 1. The summed E-state index contributed by atoms with van der Waals surface area (Å²) in [4.78, 5) is 37.0. The lowest BCUT2D eigenvalue weighted by Crippen LogP contribution is -2.42. The lowest BCUT2D eigenvalue weighted by molar-refractivity contribution is -0.384. The van der Waals surface area contributed by atoms with Crippen LogP contribution in [0.1, 0.15) is 30.9 Å². The van der Waals surface area contributed by atoms with Crippen molar-refractivity contribution in [1.29, 1.82) is 0 Å². The van der Waals surface area contributed by atoms with Gasteiger partial charge in [0, 0.05) is 43.2 Å². The molecule has 2 unspecified atom stereocenters. The van der Waals surface area contributed by atoms with Crippen molar-refractivity contribution in [2.45, 2.75) is 32.8 Å². The molecule has 0 aliphatic carbocycles. The molecule has 2 atom stereocenters. The number of methoxy groups -OCH3 is 1. The lowest BCUT2D eigenvalue weighted by atomic mass is 9.80. The minimum Gasteiger partial charge on any atom is -0.491 e. The summed E-state index contributed by atoms with van der Waals surface area (Å²) >= 11 is 5.28. The Hall–Kier alpha value is -4.53. The first kappa shape index (κ1) is 35.0. The number of esters is 2. The van der Waals surface area contributed by atoms with Crippen LogP contribution in [0, 0.1) is 17.0 Å². The maximum absolute atomic E-state index is 13.3. The van der Waals surface area contributed by atoms with E-state index in [2.05, 4.69) is 21.3 Å². The Balaban J connectivity index is 1.46. The molecule has 14 heteroatoms. The number of ether oxygens (including phenoxy) is 3. The second-order valence-electron chi connectivity index (χ2n) is 10.2. The third kappa shape index (κ3) is 9.99. The first-order valence-corrected chi connectivity index (χ1v) is 14.7. The van der Waals surface area contributed by atoms with Crippen molar-refractivity contribution in [3.05, 3.63) is 92.3 Å². The van der Waals surface area contributed by atoms with E-state index < -0.39 is 28.9 Å². The van der Waals surface area contributed by atoms with Crippen LogP contribution in [-0.2, 0) is 19.1 Å². The molecule has 0 bridgehead atoms. The largest absolute Gasteiger partial charge is 0.491 e. The number of dihydropyridines is 1. The number of aliphatic hydroxyl groups excluding tert-OH is 1. The van der Waals surface area contributed by atoms with E-state index >= 15 is 0 Å². The molecule has 0 amide bonds. The molecule has 1 aliphatic heterocycles. The fourth-order valence-corrected chi connectivity index (χ4v) is 4.95. The van der Waals surface area contributed by atoms with Gasteiger partial charge in [0.25, 0.3) is 5.69 Å². The molecule has 0 fully saturated rings. The minimum absolute atomic E-state index is 0.0410. The molecule has 242 valence electrons. The SMILES string of the molecule is COC(=O)C1=C(C)NC(C)=C(C(=O)OCCNC(=S)NCCNCC(O)COc2ccccc2C)C1c1cccc([N+](=O)[O-])c1. The fraction of sp³-hybridized carbons (Fsp3) is 0.387. The van der Waals surface area contributed by atoms with Gasteiger partial charge in [0.1, 0.15) is 25.1 Å². The molecule has 13 nitrogen and oxygen atoms in total. The van der Waals surface area contributed by atoms with Gasteiger partial charge in [-0.1, -0.05) is 30.3 Å². The van der Waals surface area contributed by atoms with E-state index in [0.29, 0.717) is 41.7 Å². The minimum atomic E-state index is -0.943. The molecule has 0 radical (unpaired) electrons. The summed E-state index contributed by atoms with van der Waals surface area (Å²) in [6, 6.07) is 13.4. The molecule has 45 heavy (non-hydrogen) atoms. The maximum Gasteiger partial charge on any atom is 0.336 e. The number of hydrogen-bond acceptors (Lipinski definition) is 11. The quantitative estimate of drug-likeness (QED) is 0.0631. The first-order valence-electron chi connectivity index (χ1n) is 14.3. The van der Waals surface area contributed by atoms with Crippen molar-refractivity contribution in [1.82, 2.24) is 21.3 Å². The molecule has 0 saturated heterocycles. The second kappa shape index (κ2) is 17.1. The standard InChI is InChI=1S/C31H39N5O8S/c1-19-8-5-6-11-25(19)44-18-24(37)17-32-12-13-33-31(45)34-14-15-43-30(39)27-21(3)35-20(2)26(29(38)42-4)28(27)22-9-7-10-23(16-22)36(40)41/h5-11,16,24,28,32,35,37H,12-15,17-18H2,1-4H3,(H2,33,34,45). The number of nitrogens with zero attached hydrogens (tertiary/aromatic N) is 1. The molecule has 2 aromatic carbocycles. The second-order valence-corrected chi connectivity index (χ2v) is 10.6. The summed E-state index contributed by atoms with van der Waals surface area (Å²) in [5, 5.41) is 34.1. The van der Waals surface area contributed by atoms with Crippen LogP contribution in [0.3, 0.4) is 0 Å². The molecule has 3 rings (SSSR count). The third-order valence-corrected chi connectivity index (χ3v) is 7.20. The summed E-state index contributed by atoms with van der Waals surface area (Å²) in [7, 11) is 1.22. The van der Waals surface area contributed by atoms with Gasteiger partial charge in [0.2, 0.25) is 0 Å². The zero-order chi connectivity index (χ0) is 32.9. The first-order chi connectivity index (χ1) is 21.5. The van der Waals surface area contributed by atoms with Gasteiger partial charge in [-0.3, -0.25) is 10.1 Å². The van der Waals surface area contributed by atoms with Gasteiger partial charge in [-0.2, -0.15) is 0 Å². The van der Waals surface area contributed by atoms with Gasteiger partial charge in [-0.15, -0.1) is 0 Å². The van der Waals surface area contributed by atoms with Crippen LogP contribution in [0.2, 0.25) is 0 Å². The number of nitrogens with one attached hydrogen (secondary N) is 4. The van der Waals surface area contributed by atoms with Crippen molar-refractivity contribution in [3.8, 4) is 5.75 Å². The maximum atomic E-state index is 13.3. The predicted molar refractivity (Wildman–Crippen MR) is 172 cm³/mol. The van der Waals surface area contributed by atoms with Crippen molar-refractivity contribution < 1.29 is 33.8 Å². The zero-order valence-corrected chi connectivity index (χ0v) is 26.5. The average molecular weight is 642 g/mol. The van der Waals surface area contributed by atoms with Crippen molar-refractivity contribution in [2.75, 3.05) is 46.5 Å². The van der Waals surface area contributed by atoms with Crippen LogP contribution in [0.25, 0.3) is 0 Å². The van der Waals surface area contributed by atoms with Gasteiger partial charge >= 0.3 is 11.9 Å². The predicted octanol–water partition coefficient (Wildman–Crippen LogP) is 2.35. The number of allylic oxidation sites excluding steroid dienone is 2. The number of carbonyl (C=O) groups is 2. The summed E-state index contributed by atoms with van der Waals surface area (Å²) in [5.41, 5.74) is 2.40. The van der Waals surface area contributed by atoms with Gasteiger partial charge in [0.15, 0.2) is 5.11 Å². The molecule has 0 aromatic heterocycles. The van der Waals surface area contributed by atoms with Gasteiger partial charge < -0.3 is 40.6 Å². The number of aryl methyl sites for hydroxylation is 1. The summed E-state index contributed by atoms with van der Waals surface area (Å²) in [6.45, 7) is 6.98. The summed E-state index contributed by atoms with van der Waals surface area (Å²) < 4.78 is 16.1. The molecular weight excluding hydrogens is 602 g/mol. The Kier molecular flexibility index (Phi) is 13.3. The highest BCUT2D eigenvalue weighted by atomic mass is 32.1. The van der Waals surface area contributed by atoms with E-state index in [4.69, 9.17) is 26.4 Å². The molecule has 2 aromatic rings. The van der Waals surface area contributed by atoms with Crippen LogP contribution in [0.15, 0.2) is 71.1 Å². The van der Waals surface area contributed by atoms with Crippen LogP contribution in [-0.4, -0.2) is 79.7 Å². The number of benzene rings is 2. The highest BCUT2D eigenvalue weighted by Gasteiger charge is 2.38. The van der Waals surface area contributed by atoms with Crippen molar-refractivity contribution >= 4 is 35.0 Å². The number of para-hydroxylation sites is 1. The molecule has 0 saturated carbocycles. The van der Waals surface area contributed by atoms with E-state index in [-0.39, 0.29) is 36.6 Å². The van der Waals surface area contributed by atoms with Crippen LogP contribution < -0.4 is 26.0 Å². The van der Waals surface area contributed by atoms with E-state index in [1.165, 1.54) is 25.3 Å². The van der Waals surface area contributed by atoms with E-state index in [0.717, 1.165) is 11.3 Å². The van der Waals surface area contributed by atoms with Crippen molar-refractivity contribution in [2.24, 2.45) is 0 Å². The van der Waals surface area contributed by atoms with Gasteiger partial charge in [-0.25, -0.2) is 9.59 Å². The van der Waals surface area contributed by atoms with Gasteiger partial charge in [0.05, 0.1) is 35.6 Å².